The first-order valence-electron chi connectivity index (χ1n) is 5.00. The van der Waals surface area contributed by atoms with Gasteiger partial charge in [-0.3, -0.25) is 9.63 Å². The summed E-state index contributed by atoms with van der Waals surface area (Å²) >= 11 is 0. The molecule has 0 heterocycles. The molecule has 1 saturated carbocycles. The molecule has 0 aliphatic heterocycles. The Morgan fingerprint density at radius 2 is 2.07 bits per heavy atom. The Morgan fingerprint density at radius 3 is 2.67 bits per heavy atom. The number of carbonyl (C=O) groups excluding carboxylic acids is 1. The topological polar surface area (TPSA) is 102 Å². The van der Waals surface area contributed by atoms with Crippen molar-refractivity contribution in [1.82, 2.24) is 5.48 Å². The van der Waals surface area contributed by atoms with Crippen LogP contribution in [0.1, 0.15) is 25.7 Å². The molecule has 2 unspecified atom stereocenters. The van der Waals surface area contributed by atoms with Crippen molar-refractivity contribution in [3.63, 3.8) is 0 Å². The lowest BCUT2D eigenvalue weighted by Gasteiger charge is -2.26. The van der Waals surface area contributed by atoms with Crippen LogP contribution in [0.5, 0.6) is 0 Å². The minimum absolute atomic E-state index is 0.146. The summed E-state index contributed by atoms with van der Waals surface area (Å²) in [5, 5.41) is 8.29. The van der Waals surface area contributed by atoms with Gasteiger partial charge in [0, 0.05) is 6.04 Å². The van der Waals surface area contributed by atoms with Gasteiger partial charge in [-0.25, -0.2) is 10.3 Å². The molecule has 0 aromatic carbocycles. The summed E-state index contributed by atoms with van der Waals surface area (Å²) in [6.07, 6.45) is 3.59. The van der Waals surface area contributed by atoms with Gasteiger partial charge < -0.3 is 10.8 Å². The molecule has 0 saturated heterocycles. The van der Waals surface area contributed by atoms with Gasteiger partial charge in [-0.15, -0.1) is 0 Å². The summed E-state index contributed by atoms with van der Waals surface area (Å²) < 4.78 is 0. The molecule has 6 nitrogen and oxygen atoms in total. The molecule has 1 rings (SSSR count). The fourth-order valence-corrected chi connectivity index (χ4v) is 1.73. The minimum Gasteiger partial charge on any atom is -0.479 e. The zero-order valence-corrected chi connectivity index (χ0v) is 8.44. The van der Waals surface area contributed by atoms with Gasteiger partial charge >= 0.3 is 5.97 Å². The number of amides is 1. The van der Waals surface area contributed by atoms with Gasteiger partial charge in [-0.05, 0) is 12.8 Å². The third-order valence-corrected chi connectivity index (χ3v) is 2.52. The van der Waals surface area contributed by atoms with Crippen molar-refractivity contribution in [3.8, 4) is 0 Å². The van der Waals surface area contributed by atoms with Gasteiger partial charge in [0.2, 0.25) is 5.91 Å². The van der Waals surface area contributed by atoms with Crippen LogP contribution in [0.25, 0.3) is 0 Å². The Kier molecular flexibility index (Phi) is 4.51. The van der Waals surface area contributed by atoms with E-state index in [0.717, 1.165) is 25.7 Å². The highest BCUT2D eigenvalue weighted by Gasteiger charge is 2.28. The summed E-state index contributed by atoms with van der Waals surface area (Å²) in [5.74, 6) is -1.70. The van der Waals surface area contributed by atoms with Crippen molar-refractivity contribution in [1.29, 1.82) is 0 Å². The molecular weight excluding hydrogens is 200 g/mol. The van der Waals surface area contributed by atoms with Gasteiger partial charge in [0.25, 0.3) is 0 Å². The number of hydrogen-bond donors (Lipinski definition) is 3. The summed E-state index contributed by atoms with van der Waals surface area (Å²) in [7, 11) is 0. The number of carbonyl (C=O) groups is 2. The van der Waals surface area contributed by atoms with Crippen molar-refractivity contribution in [2.45, 2.75) is 31.7 Å². The molecule has 0 aromatic rings. The second kappa shape index (κ2) is 5.67. The lowest BCUT2D eigenvalue weighted by atomic mass is 9.85. The fourth-order valence-electron chi connectivity index (χ4n) is 1.73. The van der Waals surface area contributed by atoms with E-state index in [0.29, 0.717) is 0 Å². The van der Waals surface area contributed by atoms with E-state index in [1.807, 2.05) is 0 Å². The van der Waals surface area contributed by atoms with Gasteiger partial charge in [-0.1, -0.05) is 12.8 Å². The Balaban J connectivity index is 2.29. The van der Waals surface area contributed by atoms with Crippen LogP contribution in [-0.2, 0) is 14.4 Å². The number of carboxylic acids is 1. The molecule has 0 radical (unpaired) electrons. The molecule has 0 aromatic heterocycles. The Bertz CT molecular complexity index is 244. The highest BCUT2D eigenvalue weighted by atomic mass is 16.7. The van der Waals surface area contributed by atoms with E-state index in [2.05, 4.69) is 10.3 Å². The highest BCUT2D eigenvalue weighted by molar-refractivity contribution is 5.78. The van der Waals surface area contributed by atoms with E-state index in [-0.39, 0.29) is 17.9 Å². The summed E-state index contributed by atoms with van der Waals surface area (Å²) in [5.41, 5.74) is 7.89. The molecule has 15 heavy (non-hydrogen) atoms. The van der Waals surface area contributed by atoms with Crippen LogP contribution in [0.3, 0.4) is 0 Å². The second-order valence-electron chi connectivity index (χ2n) is 3.70. The van der Waals surface area contributed by atoms with Crippen molar-refractivity contribution < 1.29 is 19.5 Å². The first-order chi connectivity index (χ1) is 7.11. The number of nitrogens with two attached hydrogens (primary N) is 1. The molecule has 1 aliphatic rings. The van der Waals surface area contributed by atoms with Crippen LogP contribution in [0.2, 0.25) is 0 Å². The first-order valence-corrected chi connectivity index (χ1v) is 5.00. The average molecular weight is 216 g/mol. The van der Waals surface area contributed by atoms with Crippen molar-refractivity contribution in [2.75, 3.05) is 6.61 Å². The van der Waals surface area contributed by atoms with Crippen molar-refractivity contribution >= 4 is 11.9 Å². The number of aliphatic carboxylic acids is 1. The molecule has 4 N–H and O–H groups in total. The molecule has 2 atom stereocenters. The zero-order valence-electron chi connectivity index (χ0n) is 8.44. The van der Waals surface area contributed by atoms with Gasteiger partial charge in [-0.2, -0.15) is 0 Å². The summed E-state index contributed by atoms with van der Waals surface area (Å²) in [6.45, 7) is -0.534. The van der Waals surface area contributed by atoms with Crippen molar-refractivity contribution in [3.05, 3.63) is 0 Å². The minimum atomic E-state index is -1.12. The monoisotopic (exact) mass is 216 g/mol. The normalized spacial score (nSPS) is 25.9. The van der Waals surface area contributed by atoms with E-state index in [4.69, 9.17) is 10.8 Å². The fraction of sp³-hybridized carbons (Fsp3) is 0.778. The van der Waals surface area contributed by atoms with E-state index in [1.54, 1.807) is 0 Å². The largest absolute Gasteiger partial charge is 0.479 e. The van der Waals surface area contributed by atoms with E-state index in [1.165, 1.54) is 0 Å². The number of hydrogen-bond acceptors (Lipinski definition) is 4. The van der Waals surface area contributed by atoms with Crippen LogP contribution in [0, 0.1) is 5.92 Å². The standard InChI is InChI=1S/C9H16N2O4/c10-7-4-2-1-3-6(7)9(14)11-15-5-8(12)13/h6-7H,1-5,10H2,(H,11,14)(H,12,13). The Morgan fingerprint density at radius 1 is 1.40 bits per heavy atom. The Labute approximate surface area is 87.7 Å². The maximum atomic E-state index is 11.5. The number of rotatable bonds is 4. The maximum Gasteiger partial charge on any atom is 0.332 e. The molecule has 86 valence electrons. The molecule has 0 spiro atoms. The lowest BCUT2D eigenvalue weighted by Crippen LogP contribution is -2.44. The van der Waals surface area contributed by atoms with Gasteiger partial charge in [0.15, 0.2) is 6.61 Å². The van der Waals surface area contributed by atoms with E-state index < -0.39 is 12.6 Å². The number of carboxylic acid groups (broad SMARTS) is 1. The van der Waals surface area contributed by atoms with Crippen molar-refractivity contribution in [2.24, 2.45) is 11.7 Å². The smallest absolute Gasteiger partial charge is 0.332 e. The molecule has 1 amide bonds. The molecular formula is C9H16N2O4. The predicted molar refractivity (Wildman–Crippen MR) is 51.7 cm³/mol. The zero-order chi connectivity index (χ0) is 11.3. The van der Waals surface area contributed by atoms with E-state index in [9.17, 15) is 9.59 Å². The first kappa shape index (κ1) is 11.9. The summed E-state index contributed by atoms with van der Waals surface area (Å²) in [6, 6.07) is -0.146. The number of hydroxylamine groups is 1. The molecule has 1 fully saturated rings. The maximum absolute atomic E-state index is 11.5. The SMILES string of the molecule is NC1CCCCC1C(=O)NOCC(=O)O. The molecule has 6 heteroatoms. The van der Waals surface area contributed by atoms with Crippen LogP contribution >= 0.6 is 0 Å². The van der Waals surface area contributed by atoms with Crippen LogP contribution in [0.4, 0.5) is 0 Å². The van der Waals surface area contributed by atoms with Crippen LogP contribution < -0.4 is 11.2 Å². The van der Waals surface area contributed by atoms with E-state index >= 15 is 0 Å². The van der Waals surface area contributed by atoms with Crippen LogP contribution in [0.15, 0.2) is 0 Å². The second-order valence-corrected chi connectivity index (χ2v) is 3.70. The molecule has 1 aliphatic carbocycles. The van der Waals surface area contributed by atoms with Crippen LogP contribution in [-0.4, -0.2) is 29.6 Å². The average Bonchev–Trinajstić information content (AvgIpc) is 2.17. The highest BCUT2D eigenvalue weighted by Crippen LogP contribution is 2.22. The number of nitrogens with one attached hydrogen (secondary N) is 1. The third-order valence-electron chi connectivity index (χ3n) is 2.52. The van der Waals surface area contributed by atoms with Gasteiger partial charge in [0.05, 0.1) is 5.92 Å². The third kappa shape index (κ3) is 3.85. The lowest BCUT2D eigenvalue weighted by molar-refractivity contribution is -0.151. The Hall–Kier alpha value is -1.14. The quantitative estimate of drug-likeness (QED) is 0.557. The predicted octanol–water partition coefficient (Wildman–Crippen LogP) is -0.364. The molecule has 0 bridgehead atoms. The summed E-state index contributed by atoms with van der Waals surface area (Å²) in [4.78, 5) is 26.1. The van der Waals surface area contributed by atoms with Gasteiger partial charge in [0.1, 0.15) is 0 Å².